The second kappa shape index (κ2) is 9.68. The van der Waals surface area contributed by atoms with Crippen LogP contribution in [0.2, 0.25) is 0 Å². The first-order chi connectivity index (χ1) is 13.4. The maximum Gasteiger partial charge on any atom is 0.243 e. The molecule has 3 N–H and O–H groups in total. The zero-order valence-corrected chi connectivity index (χ0v) is 19.9. The number of hydrogen-bond donors (Lipinski definition) is 3. The lowest BCUT2D eigenvalue weighted by atomic mass is 9.86. The number of hydrogen-bond acceptors (Lipinski definition) is 6. The van der Waals surface area contributed by atoms with Crippen molar-refractivity contribution < 1.29 is 19.5 Å². The molecule has 0 saturated carbocycles. The molecule has 1 aromatic heterocycles. The Kier molecular flexibility index (Phi) is 8.00. The van der Waals surface area contributed by atoms with Crippen LogP contribution in [-0.4, -0.2) is 65.4 Å². The summed E-state index contributed by atoms with van der Waals surface area (Å²) in [6, 6.07) is 1.84. The predicted octanol–water partition coefficient (Wildman–Crippen LogP) is 1.72. The molecule has 29 heavy (non-hydrogen) atoms. The molecule has 0 bridgehead atoms. The fourth-order valence-corrected chi connectivity index (χ4v) is 5.15. The van der Waals surface area contributed by atoms with Gasteiger partial charge in [0.1, 0.15) is 6.04 Å². The molecule has 0 aliphatic carbocycles. The summed E-state index contributed by atoms with van der Waals surface area (Å²) in [6.45, 7) is 7.38. The topological polar surface area (TPSA) is 98.7 Å². The summed E-state index contributed by atoms with van der Waals surface area (Å²) in [5, 5.41) is 16.0. The molecule has 0 radical (unpaired) electrons. The van der Waals surface area contributed by atoms with Gasteiger partial charge in [0, 0.05) is 24.3 Å². The summed E-state index contributed by atoms with van der Waals surface area (Å²) >= 11 is 4.91. The first-order valence-corrected chi connectivity index (χ1v) is 11.3. The lowest BCUT2D eigenvalue weighted by Gasteiger charge is -2.35. The van der Waals surface area contributed by atoms with Crippen LogP contribution in [0, 0.1) is 5.41 Å². The number of aliphatic hydroxyl groups excluding tert-OH is 1. The van der Waals surface area contributed by atoms with Crippen LogP contribution >= 0.6 is 27.3 Å². The number of β-amino-alcohol motifs (C(OH)–C–C–N with tert-alkyl or cyclic N) is 1. The van der Waals surface area contributed by atoms with Gasteiger partial charge in [0.05, 0.1) is 22.0 Å². The number of thiophene rings is 1. The number of Topliss-reactive ketones (excluding diaryl/α,β-unsaturated/α-hetero) is 1. The second-order valence-corrected chi connectivity index (χ2v) is 11.1. The molecule has 0 spiro atoms. The van der Waals surface area contributed by atoms with Crippen molar-refractivity contribution in [2.24, 2.45) is 5.41 Å². The van der Waals surface area contributed by atoms with E-state index in [2.05, 4.69) is 26.6 Å². The molecule has 9 heteroatoms. The van der Waals surface area contributed by atoms with Gasteiger partial charge in [-0.3, -0.25) is 14.4 Å². The van der Waals surface area contributed by atoms with Gasteiger partial charge in [0.15, 0.2) is 5.78 Å². The summed E-state index contributed by atoms with van der Waals surface area (Å²) in [6.07, 6.45) is -0.217. The Labute approximate surface area is 184 Å². The van der Waals surface area contributed by atoms with Gasteiger partial charge in [-0.15, -0.1) is 11.3 Å². The van der Waals surface area contributed by atoms with Gasteiger partial charge in [0.2, 0.25) is 11.8 Å². The highest BCUT2D eigenvalue weighted by Gasteiger charge is 2.43. The second-order valence-electron chi connectivity index (χ2n) is 8.57. The number of halogens is 1. The zero-order valence-electron chi connectivity index (χ0n) is 17.5. The third-order valence-corrected chi connectivity index (χ3v) is 6.75. The van der Waals surface area contributed by atoms with Gasteiger partial charge in [0.25, 0.3) is 0 Å². The molecule has 1 aromatic rings. The molecule has 2 rings (SSSR count). The van der Waals surface area contributed by atoms with Crippen molar-refractivity contribution in [2.75, 3.05) is 13.6 Å². The van der Waals surface area contributed by atoms with E-state index in [-0.39, 0.29) is 30.1 Å². The van der Waals surface area contributed by atoms with E-state index < -0.39 is 30.1 Å². The van der Waals surface area contributed by atoms with Crippen molar-refractivity contribution in [2.45, 2.75) is 64.8 Å². The lowest BCUT2D eigenvalue weighted by molar-refractivity contribution is -0.142. The first-order valence-electron chi connectivity index (χ1n) is 9.65. The average molecular weight is 488 g/mol. The van der Waals surface area contributed by atoms with Crippen molar-refractivity contribution in [3.8, 4) is 0 Å². The van der Waals surface area contributed by atoms with E-state index in [0.29, 0.717) is 6.42 Å². The Bertz CT molecular complexity index is 761. The molecule has 0 unspecified atom stereocenters. The third kappa shape index (κ3) is 6.10. The number of nitrogens with zero attached hydrogens (tertiary/aromatic N) is 1. The van der Waals surface area contributed by atoms with Crippen molar-refractivity contribution in [3.63, 3.8) is 0 Å². The largest absolute Gasteiger partial charge is 0.391 e. The van der Waals surface area contributed by atoms with Crippen molar-refractivity contribution in [1.29, 1.82) is 0 Å². The van der Waals surface area contributed by atoms with Crippen molar-refractivity contribution in [1.82, 2.24) is 15.5 Å². The van der Waals surface area contributed by atoms with E-state index in [9.17, 15) is 19.5 Å². The summed E-state index contributed by atoms with van der Waals surface area (Å²) in [5.74, 6) is -0.783. The van der Waals surface area contributed by atoms with Crippen molar-refractivity contribution >= 4 is 44.9 Å². The van der Waals surface area contributed by atoms with Crippen LogP contribution < -0.4 is 10.6 Å². The molecular weight excluding hydrogens is 458 g/mol. The fourth-order valence-electron chi connectivity index (χ4n) is 3.63. The van der Waals surface area contributed by atoms with Gasteiger partial charge in [-0.05, 0) is 47.4 Å². The van der Waals surface area contributed by atoms with Gasteiger partial charge >= 0.3 is 0 Å². The highest BCUT2D eigenvalue weighted by Crippen LogP contribution is 2.26. The maximum atomic E-state index is 13.1. The molecule has 2 amide bonds. The van der Waals surface area contributed by atoms with E-state index >= 15 is 0 Å². The van der Waals surface area contributed by atoms with Crippen LogP contribution in [0.15, 0.2) is 15.9 Å². The molecule has 1 fully saturated rings. The van der Waals surface area contributed by atoms with Gasteiger partial charge in [-0.25, -0.2) is 0 Å². The Morgan fingerprint density at radius 3 is 2.48 bits per heavy atom. The van der Waals surface area contributed by atoms with Crippen LogP contribution in [0.25, 0.3) is 0 Å². The number of aliphatic hydroxyl groups is 1. The normalized spacial score (nSPS) is 21.7. The molecule has 1 aliphatic rings. The summed E-state index contributed by atoms with van der Waals surface area (Å²) in [4.78, 5) is 40.6. The number of likely N-dealkylation sites (N-methyl/N-ethyl adjacent to an activating group) is 1. The van der Waals surface area contributed by atoms with Gasteiger partial charge in [-0.2, -0.15) is 0 Å². The standard InChI is InChI=1S/C20H30BrN3O4S/c1-11(25)14(9-13-6-7-16(21)29-13)23-18(27)15-8-12(26)10-24(15)19(28)17(22-5)20(2,3)4/h6-7,12,14-15,17,22,26H,8-10H2,1-5H3,(H,23,27)/t12-,14-,15+,17-/m1/s1. The van der Waals surface area contributed by atoms with Gasteiger partial charge < -0.3 is 20.6 Å². The van der Waals surface area contributed by atoms with E-state index in [1.165, 1.54) is 23.2 Å². The zero-order chi connectivity index (χ0) is 21.9. The molecule has 2 heterocycles. The number of carbonyl (C=O) groups is 3. The van der Waals surface area contributed by atoms with E-state index in [1.807, 2.05) is 32.9 Å². The predicted molar refractivity (Wildman–Crippen MR) is 117 cm³/mol. The monoisotopic (exact) mass is 487 g/mol. The van der Waals surface area contributed by atoms with E-state index in [1.54, 1.807) is 7.05 Å². The van der Waals surface area contributed by atoms with Crippen LogP contribution in [0.5, 0.6) is 0 Å². The Hall–Kier alpha value is -1.29. The minimum absolute atomic E-state index is 0.105. The van der Waals surface area contributed by atoms with E-state index in [4.69, 9.17) is 0 Å². The lowest BCUT2D eigenvalue weighted by Crippen LogP contribution is -2.57. The van der Waals surface area contributed by atoms with Crippen molar-refractivity contribution in [3.05, 3.63) is 20.8 Å². The highest BCUT2D eigenvalue weighted by atomic mass is 79.9. The average Bonchev–Trinajstić information content (AvgIpc) is 3.18. The molecule has 0 aromatic carbocycles. The first kappa shape index (κ1) is 24.0. The van der Waals surface area contributed by atoms with Crippen LogP contribution in [0.4, 0.5) is 0 Å². The van der Waals surface area contributed by atoms with Gasteiger partial charge in [-0.1, -0.05) is 20.8 Å². The quantitative estimate of drug-likeness (QED) is 0.543. The molecule has 4 atom stereocenters. The number of rotatable bonds is 7. The van der Waals surface area contributed by atoms with Crippen LogP contribution in [-0.2, 0) is 20.8 Å². The SMILES string of the molecule is CN[C@H](C(=O)N1C[C@H](O)C[C@H]1C(=O)N[C@H](Cc1ccc(Br)s1)C(C)=O)C(C)(C)C. The Morgan fingerprint density at radius 2 is 2.00 bits per heavy atom. The van der Waals surface area contributed by atoms with Crippen LogP contribution in [0.3, 0.4) is 0 Å². The molecule has 162 valence electrons. The number of likely N-dealkylation sites (tertiary alicyclic amines) is 1. The van der Waals surface area contributed by atoms with E-state index in [0.717, 1.165) is 8.66 Å². The summed E-state index contributed by atoms with van der Waals surface area (Å²) in [7, 11) is 1.71. The molecular formula is C20H30BrN3O4S. The molecule has 1 saturated heterocycles. The summed E-state index contributed by atoms with van der Waals surface area (Å²) in [5.41, 5.74) is -0.352. The third-order valence-electron chi connectivity index (χ3n) is 5.11. The van der Waals surface area contributed by atoms with Crippen LogP contribution in [0.1, 0.15) is 39.0 Å². The minimum Gasteiger partial charge on any atom is -0.391 e. The fraction of sp³-hybridized carbons (Fsp3) is 0.650. The maximum absolute atomic E-state index is 13.1. The summed E-state index contributed by atoms with van der Waals surface area (Å²) < 4.78 is 0.956. The highest BCUT2D eigenvalue weighted by molar-refractivity contribution is 9.11. The minimum atomic E-state index is -0.798. The Balaban J connectivity index is 2.15. The molecule has 1 aliphatic heterocycles. The number of ketones is 1. The number of carbonyl (C=O) groups excluding carboxylic acids is 3. The molecule has 7 nitrogen and oxygen atoms in total. The number of nitrogens with one attached hydrogen (secondary N) is 2. The Morgan fingerprint density at radius 1 is 1.34 bits per heavy atom. The number of amides is 2. The smallest absolute Gasteiger partial charge is 0.243 e.